The lowest BCUT2D eigenvalue weighted by Gasteiger charge is -2.16. The van der Waals surface area contributed by atoms with Gasteiger partial charge in [0.05, 0.1) is 6.61 Å². The van der Waals surface area contributed by atoms with Crippen molar-refractivity contribution in [2.75, 3.05) is 6.61 Å². The Balaban J connectivity index is 2.40. The van der Waals surface area contributed by atoms with Crippen LogP contribution in [0.15, 0.2) is 23.8 Å². The first-order chi connectivity index (χ1) is 7.20. The van der Waals surface area contributed by atoms with Crippen LogP contribution in [0.3, 0.4) is 0 Å². The molecule has 2 heteroatoms. The van der Waals surface area contributed by atoms with E-state index in [9.17, 15) is 4.79 Å². The van der Waals surface area contributed by atoms with Crippen molar-refractivity contribution in [3.63, 3.8) is 0 Å². The Hall–Kier alpha value is -0.890. The molecular weight excluding hydrogens is 188 g/mol. The lowest BCUT2D eigenvalue weighted by molar-refractivity contribution is -0.130. The van der Waals surface area contributed by atoms with E-state index in [1.165, 1.54) is 5.57 Å². The minimum Gasteiger partial charge on any atom is -0.366 e. The quantitative estimate of drug-likeness (QED) is 0.666. The number of Topliss-reactive ketones (excluding diaryl/α,β-unsaturated/α-hetero) is 1. The molecule has 0 radical (unpaired) electrons. The SMILES string of the molecule is CC(C)=CCOC1CC/C=C\CCC1=O. The molecule has 0 spiro atoms. The molecule has 0 aromatic heterocycles. The van der Waals surface area contributed by atoms with Crippen molar-refractivity contribution < 1.29 is 9.53 Å². The zero-order valence-corrected chi connectivity index (χ0v) is 9.66. The van der Waals surface area contributed by atoms with Gasteiger partial charge in [-0.2, -0.15) is 0 Å². The molecule has 1 unspecified atom stereocenters. The van der Waals surface area contributed by atoms with Gasteiger partial charge in [-0.15, -0.1) is 0 Å². The van der Waals surface area contributed by atoms with Gasteiger partial charge in [0, 0.05) is 6.42 Å². The fourth-order valence-corrected chi connectivity index (χ4v) is 1.54. The summed E-state index contributed by atoms with van der Waals surface area (Å²) in [6, 6.07) is 0. The van der Waals surface area contributed by atoms with Gasteiger partial charge in [-0.05, 0) is 33.1 Å². The third kappa shape index (κ3) is 4.93. The van der Waals surface area contributed by atoms with Crippen LogP contribution in [0, 0.1) is 0 Å². The van der Waals surface area contributed by atoms with E-state index in [0.29, 0.717) is 13.0 Å². The summed E-state index contributed by atoms with van der Waals surface area (Å²) in [4.78, 5) is 11.7. The van der Waals surface area contributed by atoms with Crippen LogP contribution in [0.4, 0.5) is 0 Å². The van der Waals surface area contributed by atoms with E-state index < -0.39 is 0 Å². The third-order valence-corrected chi connectivity index (χ3v) is 2.47. The molecule has 0 aliphatic heterocycles. The molecule has 0 N–H and O–H groups in total. The van der Waals surface area contributed by atoms with Crippen LogP contribution in [0.25, 0.3) is 0 Å². The predicted molar refractivity (Wildman–Crippen MR) is 61.8 cm³/mol. The lowest BCUT2D eigenvalue weighted by atomic mass is 10.0. The highest BCUT2D eigenvalue weighted by molar-refractivity contribution is 5.83. The molecule has 15 heavy (non-hydrogen) atoms. The van der Waals surface area contributed by atoms with Crippen LogP contribution in [-0.4, -0.2) is 18.5 Å². The summed E-state index contributed by atoms with van der Waals surface area (Å²) in [7, 11) is 0. The highest BCUT2D eigenvalue weighted by atomic mass is 16.5. The summed E-state index contributed by atoms with van der Waals surface area (Å²) >= 11 is 0. The monoisotopic (exact) mass is 208 g/mol. The number of carbonyl (C=O) groups excluding carboxylic acids is 1. The number of rotatable bonds is 3. The van der Waals surface area contributed by atoms with Crippen LogP contribution < -0.4 is 0 Å². The topological polar surface area (TPSA) is 26.3 Å². The van der Waals surface area contributed by atoms with Gasteiger partial charge in [0.15, 0.2) is 5.78 Å². The molecule has 0 bridgehead atoms. The van der Waals surface area contributed by atoms with Crippen LogP contribution in [0.2, 0.25) is 0 Å². The molecular formula is C13H20O2. The molecule has 0 amide bonds. The van der Waals surface area contributed by atoms with E-state index >= 15 is 0 Å². The van der Waals surface area contributed by atoms with Crippen molar-refractivity contribution in [3.8, 4) is 0 Å². The second-order valence-corrected chi connectivity index (χ2v) is 4.16. The van der Waals surface area contributed by atoms with Gasteiger partial charge < -0.3 is 4.74 Å². The Morgan fingerprint density at radius 2 is 2.20 bits per heavy atom. The van der Waals surface area contributed by atoms with Crippen LogP contribution in [0.1, 0.15) is 39.5 Å². The van der Waals surface area contributed by atoms with E-state index in [-0.39, 0.29) is 11.9 Å². The summed E-state index contributed by atoms with van der Waals surface area (Å²) < 4.78 is 5.58. The van der Waals surface area contributed by atoms with Crippen molar-refractivity contribution in [1.82, 2.24) is 0 Å². The highest BCUT2D eigenvalue weighted by Gasteiger charge is 2.18. The van der Waals surface area contributed by atoms with Crippen LogP contribution >= 0.6 is 0 Å². The standard InChI is InChI=1S/C13H20O2/c1-11(2)9-10-15-13-8-6-4-3-5-7-12(13)14/h3-4,9,13H,5-8,10H2,1-2H3/b4-3-. The van der Waals surface area contributed by atoms with Gasteiger partial charge in [-0.3, -0.25) is 4.79 Å². The Labute approximate surface area is 92.0 Å². The fraction of sp³-hybridized carbons (Fsp3) is 0.615. The largest absolute Gasteiger partial charge is 0.366 e. The molecule has 1 aliphatic rings. The molecule has 2 nitrogen and oxygen atoms in total. The second-order valence-electron chi connectivity index (χ2n) is 4.16. The number of hydrogen-bond acceptors (Lipinski definition) is 2. The van der Waals surface area contributed by atoms with Crippen molar-refractivity contribution >= 4 is 5.78 Å². The summed E-state index contributed by atoms with van der Waals surface area (Å²) in [6.07, 6.45) is 9.31. The minimum absolute atomic E-state index is 0.189. The maximum absolute atomic E-state index is 11.7. The molecule has 1 aliphatic carbocycles. The summed E-state index contributed by atoms with van der Waals surface area (Å²) in [5, 5.41) is 0. The van der Waals surface area contributed by atoms with Gasteiger partial charge >= 0.3 is 0 Å². The summed E-state index contributed by atoms with van der Waals surface area (Å²) in [5.74, 6) is 0.251. The second kappa shape index (κ2) is 6.57. The summed E-state index contributed by atoms with van der Waals surface area (Å²) in [5.41, 5.74) is 1.23. The van der Waals surface area contributed by atoms with E-state index in [0.717, 1.165) is 19.3 Å². The van der Waals surface area contributed by atoms with E-state index in [4.69, 9.17) is 4.74 Å². The van der Waals surface area contributed by atoms with E-state index in [2.05, 4.69) is 12.2 Å². The Bertz CT molecular complexity index is 260. The zero-order valence-electron chi connectivity index (χ0n) is 9.66. The highest BCUT2D eigenvalue weighted by Crippen LogP contribution is 2.12. The maximum Gasteiger partial charge on any atom is 0.161 e. The number of ether oxygens (including phenoxy) is 1. The predicted octanol–water partition coefficient (Wildman–Crippen LogP) is 3.04. The molecule has 0 aromatic rings. The molecule has 1 rings (SSSR count). The average Bonchev–Trinajstić information content (AvgIpc) is 2.16. The van der Waals surface area contributed by atoms with Crippen molar-refractivity contribution in [2.45, 2.75) is 45.6 Å². The minimum atomic E-state index is -0.189. The smallest absolute Gasteiger partial charge is 0.161 e. The molecule has 0 fully saturated rings. The van der Waals surface area contributed by atoms with Gasteiger partial charge in [-0.1, -0.05) is 23.8 Å². The van der Waals surface area contributed by atoms with Crippen molar-refractivity contribution in [1.29, 1.82) is 0 Å². The Morgan fingerprint density at radius 3 is 2.93 bits per heavy atom. The first-order valence-corrected chi connectivity index (χ1v) is 5.63. The van der Waals surface area contributed by atoms with Gasteiger partial charge in [0.25, 0.3) is 0 Å². The lowest BCUT2D eigenvalue weighted by Crippen LogP contribution is -2.24. The van der Waals surface area contributed by atoms with Crippen LogP contribution in [-0.2, 0) is 9.53 Å². The molecule has 0 aromatic carbocycles. The van der Waals surface area contributed by atoms with Crippen molar-refractivity contribution in [3.05, 3.63) is 23.8 Å². The normalized spacial score (nSPS) is 24.1. The maximum atomic E-state index is 11.7. The molecule has 0 saturated carbocycles. The summed E-state index contributed by atoms with van der Waals surface area (Å²) in [6.45, 7) is 4.63. The third-order valence-electron chi connectivity index (χ3n) is 2.47. The Kier molecular flexibility index (Phi) is 5.33. The average molecular weight is 208 g/mol. The fourth-order valence-electron chi connectivity index (χ4n) is 1.54. The van der Waals surface area contributed by atoms with Crippen molar-refractivity contribution in [2.24, 2.45) is 0 Å². The van der Waals surface area contributed by atoms with Crippen LogP contribution in [0.5, 0.6) is 0 Å². The molecule has 1 atom stereocenters. The van der Waals surface area contributed by atoms with Gasteiger partial charge in [0.2, 0.25) is 0 Å². The number of carbonyl (C=O) groups is 1. The van der Waals surface area contributed by atoms with E-state index in [1.807, 2.05) is 19.9 Å². The first kappa shape index (κ1) is 12.2. The van der Waals surface area contributed by atoms with E-state index in [1.54, 1.807) is 0 Å². The van der Waals surface area contributed by atoms with Gasteiger partial charge in [0.1, 0.15) is 6.10 Å². The molecule has 0 heterocycles. The zero-order chi connectivity index (χ0) is 11.1. The van der Waals surface area contributed by atoms with Gasteiger partial charge in [-0.25, -0.2) is 0 Å². The Morgan fingerprint density at radius 1 is 1.47 bits per heavy atom. The number of allylic oxidation sites excluding steroid dienone is 3. The number of hydrogen-bond donors (Lipinski definition) is 0. The first-order valence-electron chi connectivity index (χ1n) is 5.63. The molecule has 84 valence electrons. The number of ketones is 1. The molecule has 0 saturated heterocycles.